The van der Waals surface area contributed by atoms with Gasteiger partial charge in [0.1, 0.15) is 0 Å². The fourth-order valence-electron chi connectivity index (χ4n) is 9.59. The number of benzene rings is 9. The average Bonchev–Trinajstić information content (AvgIpc) is 3.69. The summed E-state index contributed by atoms with van der Waals surface area (Å²) in [6.45, 7) is 0. The fraction of sp³-hybridized carbons (Fsp3) is 0.0526. The van der Waals surface area contributed by atoms with Crippen LogP contribution in [0.3, 0.4) is 0 Å². The summed E-state index contributed by atoms with van der Waals surface area (Å²) in [5.74, 6) is 0. The van der Waals surface area contributed by atoms with E-state index in [0.29, 0.717) is 0 Å². The molecule has 0 fully saturated rings. The highest BCUT2D eigenvalue weighted by Gasteiger charge is 2.29. The van der Waals surface area contributed by atoms with Gasteiger partial charge in [0.05, 0.1) is 0 Å². The first-order chi connectivity index (χ1) is 28.3. The molecule has 0 radical (unpaired) electrons. The van der Waals surface area contributed by atoms with Crippen molar-refractivity contribution in [3.8, 4) is 22.3 Å². The maximum Gasteiger partial charge on any atom is -0.000111 e. The summed E-state index contributed by atoms with van der Waals surface area (Å²) in [7, 11) is 0. The van der Waals surface area contributed by atoms with Gasteiger partial charge in [-0.15, -0.1) is 0 Å². The van der Waals surface area contributed by atoms with Gasteiger partial charge in [-0.2, -0.15) is 0 Å². The first kappa shape index (κ1) is 33.3. The van der Waals surface area contributed by atoms with Crippen LogP contribution in [-0.4, -0.2) is 0 Å². The Kier molecular flexibility index (Phi) is 8.14. The Hall–Kier alpha value is -7.02. The lowest BCUT2D eigenvalue weighted by molar-refractivity contribution is 0.991. The van der Waals surface area contributed by atoms with E-state index >= 15 is 0 Å². The first-order valence-corrected chi connectivity index (χ1v) is 20.2. The zero-order valence-corrected chi connectivity index (χ0v) is 31.8. The lowest BCUT2D eigenvalue weighted by atomic mass is 9.84. The van der Waals surface area contributed by atoms with E-state index in [1.165, 1.54) is 110 Å². The second-order valence-electron chi connectivity index (χ2n) is 15.4. The van der Waals surface area contributed by atoms with Crippen molar-refractivity contribution in [3.05, 3.63) is 234 Å². The zero-order valence-electron chi connectivity index (χ0n) is 31.8. The van der Waals surface area contributed by atoms with Gasteiger partial charge in [0.25, 0.3) is 0 Å². The van der Waals surface area contributed by atoms with Gasteiger partial charge in [0.15, 0.2) is 0 Å². The van der Waals surface area contributed by atoms with Crippen molar-refractivity contribution < 1.29 is 0 Å². The molecule has 0 unspecified atom stereocenters. The Balaban J connectivity index is 1.06. The highest BCUT2D eigenvalue weighted by atomic mass is 14.3. The number of rotatable bonds is 6. The van der Waals surface area contributed by atoms with Gasteiger partial charge in [-0.1, -0.05) is 194 Å². The van der Waals surface area contributed by atoms with Gasteiger partial charge in [-0.05, 0) is 142 Å². The molecule has 11 rings (SSSR count). The van der Waals surface area contributed by atoms with Gasteiger partial charge in [0.2, 0.25) is 0 Å². The third kappa shape index (κ3) is 5.76. The summed E-state index contributed by atoms with van der Waals surface area (Å²) in [4.78, 5) is 0. The van der Waals surface area contributed by atoms with Gasteiger partial charge < -0.3 is 0 Å². The third-order valence-electron chi connectivity index (χ3n) is 12.2. The average molecular weight is 725 g/mol. The van der Waals surface area contributed by atoms with Gasteiger partial charge in [-0.3, -0.25) is 0 Å². The molecule has 0 atom stereocenters. The molecular weight excluding hydrogens is 685 g/mol. The normalized spacial score (nSPS) is 13.9. The lowest BCUT2D eigenvalue weighted by Gasteiger charge is -2.19. The molecular formula is C57H40. The predicted octanol–water partition coefficient (Wildman–Crippen LogP) is 15.4. The van der Waals surface area contributed by atoms with Crippen molar-refractivity contribution in [3.63, 3.8) is 0 Å². The third-order valence-corrected chi connectivity index (χ3v) is 12.2. The Labute approximate surface area is 334 Å². The minimum atomic E-state index is 0.846. The molecule has 2 aliphatic carbocycles. The van der Waals surface area contributed by atoms with Crippen LogP contribution in [0.5, 0.6) is 0 Å². The molecule has 0 saturated heterocycles. The number of hydrogen-bond donors (Lipinski definition) is 0. The Bertz CT molecular complexity index is 3030. The van der Waals surface area contributed by atoms with E-state index in [9.17, 15) is 0 Å². The molecule has 0 saturated carbocycles. The fourth-order valence-corrected chi connectivity index (χ4v) is 9.59. The van der Waals surface area contributed by atoms with Crippen molar-refractivity contribution in [1.29, 1.82) is 0 Å². The van der Waals surface area contributed by atoms with E-state index < -0.39 is 0 Å². The van der Waals surface area contributed by atoms with Gasteiger partial charge in [0, 0.05) is 0 Å². The molecule has 0 nitrogen and oxygen atoms in total. The molecule has 9 aromatic carbocycles. The Morgan fingerprint density at radius 3 is 1.28 bits per heavy atom. The maximum absolute atomic E-state index is 2.38. The second kappa shape index (κ2) is 13.9. The summed E-state index contributed by atoms with van der Waals surface area (Å²) in [6, 6.07) is 72.0. The lowest BCUT2D eigenvalue weighted by Crippen LogP contribution is -1.99. The van der Waals surface area contributed by atoms with Crippen LogP contribution in [0.1, 0.15) is 46.2 Å². The SMILES string of the molecule is C1=Cc2cc3ccccc3c(-c3ccc(C4=C(c5ccccc5)C(c5ccccc5)=C(c5ccc(-c6c7ccccc7cc7ccccc67)cc5)C4)cc3)c2CC1. The molecule has 0 amide bonds. The highest BCUT2D eigenvalue weighted by Crippen LogP contribution is 2.52. The largest absolute Gasteiger partial charge is 0.0836 e. The first-order valence-electron chi connectivity index (χ1n) is 20.2. The van der Waals surface area contributed by atoms with Crippen LogP contribution in [0.4, 0.5) is 0 Å². The van der Waals surface area contributed by atoms with E-state index in [4.69, 9.17) is 0 Å². The smallest absolute Gasteiger partial charge is 0.000111 e. The van der Waals surface area contributed by atoms with E-state index in [0.717, 1.165) is 19.3 Å². The van der Waals surface area contributed by atoms with E-state index in [1.54, 1.807) is 0 Å². The van der Waals surface area contributed by atoms with Crippen molar-refractivity contribution in [2.24, 2.45) is 0 Å². The minimum absolute atomic E-state index is 0.846. The summed E-state index contributed by atoms with van der Waals surface area (Å²) in [6.07, 6.45) is 7.63. The molecule has 0 aliphatic heterocycles. The topological polar surface area (TPSA) is 0 Å². The Morgan fingerprint density at radius 1 is 0.333 bits per heavy atom. The van der Waals surface area contributed by atoms with Crippen molar-refractivity contribution >= 4 is 60.7 Å². The number of fused-ring (bicyclic) bond motifs is 4. The molecule has 268 valence electrons. The molecule has 0 heteroatoms. The zero-order chi connectivity index (χ0) is 37.7. The van der Waals surface area contributed by atoms with Crippen LogP contribution in [0.15, 0.2) is 200 Å². The minimum Gasteiger partial charge on any atom is -0.0836 e. The number of hydrogen-bond acceptors (Lipinski definition) is 0. The second-order valence-corrected chi connectivity index (χ2v) is 15.4. The van der Waals surface area contributed by atoms with E-state index in [1.807, 2.05) is 0 Å². The molecule has 57 heavy (non-hydrogen) atoms. The summed E-state index contributed by atoms with van der Waals surface area (Å²) >= 11 is 0. The van der Waals surface area contributed by atoms with Crippen LogP contribution in [-0.2, 0) is 6.42 Å². The molecule has 2 aliphatic rings. The molecule has 0 N–H and O–H groups in total. The standard InChI is InChI=1S/C57H40/c1-3-15-40(16-4-1)56-52(38-27-31-42(32-28-38)54-48-23-11-7-19-44(48)35-45-20-8-12-24-49(45)54)37-53(57(56)41-17-5-2-6-18-41)39-29-33-43(34-30-39)55-50-25-13-9-21-46(50)36-47-22-10-14-26-51(47)55/h1-13,15-25,27-36H,14,26,37H2. The van der Waals surface area contributed by atoms with Crippen LogP contribution in [0.2, 0.25) is 0 Å². The van der Waals surface area contributed by atoms with Crippen LogP contribution in [0.25, 0.3) is 82.9 Å². The monoisotopic (exact) mass is 724 g/mol. The summed E-state index contributed by atoms with van der Waals surface area (Å²) < 4.78 is 0. The highest BCUT2D eigenvalue weighted by molar-refractivity contribution is 6.27. The van der Waals surface area contributed by atoms with Crippen molar-refractivity contribution in [2.45, 2.75) is 19.3 Å². The van der Waals surface area contributed by atoms with E-state index in [2.05, 4.69) is 206 Å². The molecule has 9 aromatic rings. The van der Waals surface area contributed by atoms with Crippen LogP contribution >= 0.6 is 0 Å². The van der Waals surface area contributed by atoms with Crippen LogP contribution in [0, 0.1) is 0 Å². The molecule has 0 bridgehead atoms. The quantitative estimate of drug-likeness (QED) is 0.150. The van der Waals surface area contributed by atoms with Gasteiger partial charge >= 0.3 is 0 Å². The Morgan fingerprint density at radius 2 is 0.754 bits per heavy atom. The summed E-state index contributed by atoms with van der Waals surface area (Å²) in [5.41, 5.74) is 18.4. The van der Waals surface area contributed by atoms with E-state index in [-0.39, 0.29) is 0 Å². The summed E-state index contributed by atoms with van der Waals surface area (Å²) in [5, 5.41) is 7.74. The van der Waals surface area contributed by atoms with Crippen molar-refractivity contribution in [1.82, 2.24) is 0 Å². The molecule has 0 aromatic heterocycles. The number of allylic oxidation sites excluding steroid dienone is 5. The van der Waals surface area contributed by atoms with Crippen LogP contribution < -0.4 is 0 Å². The van der Waals surface area contributed by atoms with Gasteiger partial charge in [-0.25, -0.2) is 0 Å². The molecule has 0 spiro atoms. The maximum atomic E-state index is 2.38. The predicted molar refractivity (Wildman–Crippen MR) is 245 cm³/mol. The molecule has 0 heterocycles. The van der Waals surface area contributed by atoms with Crippen molar-refractivity contribution in [2.75, 3.05) is 0 Å².